The Balaban J connectivity index is 1.94. The van der Waals surface area contributed by atoms with Crippen molar-refractivity contribution in [2.24, 2.45) is 5.73 Å². The number of halogens is 1. The predicted molar refractivity (Wildman–Crippen MR) is 126 cm³/mol. The van der Waals surface area contributed by atoms with Crippen molar-refractivity contribution < 1.29 is 18.7 Å². The van der Waals surface area contributed by atoms with Gasteiger partial charge in [0.05, 0.1) is 10.9 Å². The van der Waals surface area contributed by atoms with Crippen LogP contribution < -0.4 is 11.2 Å². The summed E-state index contributed by atoms with van der Waals surface area (Å²) in [4.78, 5) is 25.0. The highest BCUT2D eigenvalue weighted by Crippen LogP contribution is 2.37. The highest BCUT2D eigenvalue weighted by atomic mass is 19.1. The van der Waals surface area contributed by atoms with Crippen molar-refractivity contribution in [3.63, 3.8) is 0 Å². The molecule has 33 heavy (non-hydrogen) atoms. The van der Waals surface area contributed by atoms with Crippen molar-refractivity contribution in [2.45, 2.75) is 32.7 Å². The number of aryl methyl sites for hydroxylation is 1. The quantitative estimate of drug-likeness (QED) is 0.410. The van der Waals surface area contributed by atoms with Crippen LogP contribution in [0.15, 0.2) is 69.9 Å². The van der Waals surface area contributed by atoms with Crippen LogP contribution in [-0.4, -0.2) is 11.1 Å². The molecule has 5 nitrogen and oxygen atoms in total. The second kappa shape index (κ2) is 8.64. The van der Waals surface area contributed by atoms with Crippen LogP contribution in [0.5, 0.6) is 0 Å². The summed E-state index contributed by atoms with van der Waals surface area (Å²) in [7, 11) is 0. The number of hydrogen-bond donors (Lipinski definition) is 2. The molecule has 4 aromatic rings. The molecule has 0 radical (unpaired) electrons. The Morgan fingerprint density at radius 3 is 2.45 bits per heavy atom. The molecule has 4 rings (SSSR count). The van der Waals surface area contributed by atoms with E-state index in [1.54, 1.807) is 43.3 Å². The maximum absolute atomic E-state index is 13.9. The first-order valence-corrected chi connectivity index (χ1v) is 10.6. The van der Waals surface area contributed by atoms with Crippen molar-refractivity contribution in [1.29, 1.82) is 0 Å². The fourth-order valence-corrected chi connectivity index (χ4v) is 4.26. The molecule has 168 valence electrons. The molecule has 1 heterocycles. The SMILES string of the molecule is Cc1cc([C@@H](C)C(N)c2ccccc2C(=O)O)c2oc(-c3cccc(F)c3)c(C)c(=O)c2c1. The summed E-state index contributed by atoms with van der Waals surface area (Å²) < 4.78 is 20.1. The van der Waals surface area contributed by atoms with Crippen molar-refractivity contribution in [3.8, 4) is 11.3 Å². The average Bonchev–Trinajstić information content (AvgIpc) is 2.80. The van der Waals surface area contributed by atoms with Crippen LogP contribution in [0.3, 0.4) is 0 Å². The Kier molecular flexibility index (Phi) is 5.87. The minimum Gasteiger partial charge on any atom is -0.478 e. The third-order valence-electron chi connectivity index (χ3n) is 6.06. The highest BCUT2D eigenvalue weighted by molar-refractivity contribution is 5.90. The molecule has 0 saturated heterocycles. The summed E-state index contributed by atoms with van der Waals surface area (Å²) in [5.74, 6) is -1.57. The molecule has 0 bridgehead atoms. The van der Waals surface area contributed by atoms with E-state index in [0.29, 0.717) is 39.0 Å². The van der Waals surface area contributed by atoms with E-state index in [2.05, 4.69) is 0 Å². The number of carboxylic acid groups (broad SMARTS) is 1. The molecule has 0 fully saturated rings. The monoisotopic (exact) mass is 445 g/mol. The molecule has 3 N–H and O–H groups in total. The molecular formula is C27H24FNO4. The first kappa shape index (κ1) is 22.4. The van der Waals surface area contributed by atoms with Crippen LogP contribution in [0.25, 0.3) is 22.3 Å². The van der Waals surface area contributed by atoms with Gasteiger partial charge in [0, 0.05) is 28.7 Å². The van der Waals surface area contributed by atoms with Crippen LogP contribution in [0.4, 0.5) is 4.39 Å². The minimum absolute atomic E-state index is 0.131. The summed E-state index contributed by atoms with van der Waals surface area (Å²) in [6, 6.07) is 15.5. The highest BCUT2D eigenvalue weighted by Gasteiger charge is 2.26. The molecule has 0 amide bonds. The van der Waals surface area contributed by atoms with E-state index in [1.807, 2.05) is 19.9 Å². The van der Waals surface area contributed by atoms with Crippen LogP contribution in [-0.2, 0) is 0 Å². The van der Waals surface area contributed by atoms with Gasteiger partial charge < -0.3 is 15.3 Å². The number of carboxylic acids is 1. The van der Waals surface area contributed by atoms with Gasteiger partial charge in [0.1, 0.15) is 17.2 Å². The lowest BCUT2D eigenvalue weighted by atomic mass is 9.85. The topological polar surface area (TPSA) is 93.5 Å². The number of hydrogen-bond acceptors (Lipinski definition) is 4. The predicted octanol–water partition coefficient (Wildman–Crippen LogP) is 5.72. The van der Waals surface area contributed by atoms with E-state index in [1.165, 1.54) is 18.2 Å². The first-order valence-electron chi connectivity index (χ1n) is 10.6. The van der Waals surface area contributed by atoms with Crippen molar-refractivity contribution >= 4 is 16.9 Å². The summed E-state index contributed by atoms with van der Waals surface area (Å²) >= 11 is 0. The van der Waals surface area contributed by atoms with Gasteiger partial charge in [-0.15, -0.1) is 0 Å². The molecule has 3 aromatic carbocycles. The zero-order chi connectivity index (χ0) is 23.9. The van der Waals surface area contributed by atoms with E-state index >= 15 is 0 Å². The zero-order valence-electron chi connectivity index (χ0n) is 18.6. The standard InChI is InChI=1S/C27H24FNO4/c1-14-11-21(15(2)23(29)19-9-4-5-10-20(19)27(31)32)26-22(12-14)24(30)16(3)25(33-26)17-7-6-8-18(28)13-17/h4-13,15,23H,29H2,1-3H3,(H,31,32)/t15-,23?/m1/s1. The van der Waals surface area contributed by atoms with Gasteiger partial charge in [-0.25, -0.2) is 9.18 Å². The molecule has 1 aromatic heterocycles. The second-order valence-electron chi connectivity index (χ2n) is 8.33. The lowest BCUT2D eigenvalue weighted by Gasteiger charge is -2.23. The third-order valence-corrected chi connectivity index (χ3v) is 6.06. The number of aromatic carboxylic acids is 1. The summed E-state index contributed by atoms with van der Waals surface area (Å²) in [5, 5.41) is 10.00. The number of nitrogens with two attached hydrogens (primary N) is 1. The Hall–Kier alpha value is -3.77. The number of carbonyl (C=O) groups is 1. The zero-order valence-corrected chi connectivity index (χ0v) is 18.6. The van der Waals surface area contributed by atoms with Crippen LogP contribution in [0.1, 0.15) is 51.5 Å². The molecule has 2 atom stereocenters. The normalized spacial score (nSPS) is 13.1. The summed E-state index contributed by atoms with van der Waals surface area (Å²) in [6.07, 6.45) is 0. The molecule has 0 spiro atoms. The van der Waals surface area contributed by atoms with E-state index in [0.717, 1.165) is 5.56 Å². The molecular weight excluding hydrogens is 421 g/mol. The fourth-order valence-electron chi connectivity index (χ4n) is 4.26. The number of benzene rings is 3. The largest absolute Gasteiger partial charge is 0.478 e. The van der Waals surface area contributed by atoms with Gasteiger partial charge in [-0.05, 0) is 49.2 Å². The smallest absolute Gasteiger partial charge is 0.336 e. The van der Waals surface area contributed by atoms with Crippen molar-refractivity contribution in [3.05, 3.63) is 105 Å². The van der Waals surface area contributed by atoms with Crippen molar-refractivity contribution in [1.82, 2.24) is 0 Å². The maximum Gasteiger partial charge on any atom is 0.336 e. The van der Waals surface area contributed by atoms with Gasteiger partial charge in [-0.2, -0.15) is 0 Å². The fraction of sp³-hybridized carbons (Fsp3) is 0.185. The first-order chi connectivity index (χ1) is 15.7. The van der Waals surface area contributed by atoms with Crippen LogP contribution >= 0.6 is 0 Å². The van der Waals surface area contributed by atoms with Crippen LogP contribution in [0.2, 0.25) is 0 Å². The van der Waals surface area contributed by atoms with Crippen molar-refractivity contribution in [2.75, 3.05) is 0 Å². The van der Waals surface area contributed by atoms with Gasteiger partial charge in [0.2, 0.25) is 0 Å². The average molecular weight is 445 g/mol. The van der Waals surface area contributed by atoms with Gasteiger partial charge in [0.25, 0.3) is 0 Å². The Morgan fingerprint density at radius 1 is 1.03 bits per heavy atom. The lowest BCUT2D eigenvalue weighted by Crippen LogP contribution is -2.21. The van der Waals surface area contributed by atoms with E-state index in [9.17, 15) is 19.1 Å². The summed E-state index contributed by atoms with van der Waals surface area (Å²) in [5.41, 5.74) is 9.74. The minimum atomic E-state index is -1.06. The van der Waals surface area contributed by atoms with Gasteiger partial charge in [-0.1, -0.05) is 43.3 Å². The van der Waals surface area contributed by atoms with Gasteiger partial charge >= 0.3 is 5.97 Å². The van der Waals surface area contributed by atoms with Crippen LogP contribution in [0, 0.1) is 19.7 Å². The third kappa shape index (κ3) is 4.05. The Bertz CT molecular complexity index is 1440. The van der Waals surface area contributed by atoms with E-state index < -0.39 is 17.8 Å². The Morgan fingerprint density at radius 2 is 1.76 bits per heavy atom. The molecule has 0 aliphatic heterocycles. The van der Waals surface area contributed by atoms with Gasteiger partial charge in [0.15, 0.2) is 5.43 Å². The number of fused-ring (bicyclic) bond motifs is 1. The molecule has 0 aliphatic rings. The number of rotatable bonds is 5. The molecule has 0 saturated carbocycles. The second-order valence-corrected chi connectivity index (χ2v) is 8.33. The molecule has 0 aliphatic carbocycles. The molecule has 6 heteroatoms. The Labute approximate surface area is 190 Å². The maximum atomic E-state index is 13.9. The van der Waals surface area contributed by atoms with E-state index in [-0.39, 0.29) is 16.9 Å². The van der Waals surface area contributed by atoms with Gasteiger partial charge in [-0.3, -0.25) is 4.79 Å². The van der Waals surface area contributed by atoms with E-state index in [4.69, 9.17) is 10.2 Å². The molecule has 1 unspecified atom stereocenters. The summed E-state index contributed by atoms with van der Waals surface area (Å²) in [6.45, 7) is 5.41. The lowest BCUT2D eigenvalue weighted by molar-refractivity contribution is 0.0695.